The molecule has 0 aliphatic heterocycles. The zero-order valence-corrected chi connectivity index (χ0v) is 13.2. The molecule has 1 heterocycles. The molecule has 0 saturated carbocycles. The first-order chi connectivity index (χ1) is 9.90. The molecule has 21 heavy (non-hydrogen) atoms. The summed E-state index contributed by atoms with van der Waals surface area (Å²) >= 11 is 0. The molecule has 110 valence electrons. The van der Waals surface area contributed by atoms with Gasteiger partial charge in [0, 0.05) is 17.8 Å². The third-order valence-electron chi connectivity index (χ3n) is 3.48. The molecular formula is C17H21N3O. The van der Waals surface area contributed by atoms with Crippen molar-refractivity contribution in [3.8, 4) is 0 Å². The fourth-order valence-electron chi connectivity index (χ4n) is 2.18. The first kappa shape index (κ1) is 15.2. The van der Waals surface area contributed by atoms with Crippen molar-refractivity contribution in [2.24, 2.45) is 0 Å². The van der Waals surface area contributed by atoms with Crippen LogP contribution in [-0.2, 0) is 0 Å². The van der Waals surface area contributed by atoms with E-state index in [0.29, 0.717) is 11.3 Å². The Kier molecular flexibility index (Phi) is 4.36. The van der Waals surface area contributed by atoms with Gasteiger partial charge in [-0.2, -0.15) is 0 Å². The SMILES string of the molecule is Cc1cccc(C)c1NC(=O)c1cnc(C(C)C)nc1C. The fraction of sp³-hybridized carbons (Fsp3) is 0.353. The predicted molar refractivity (Wildman–Crippen MR) is 84.7 cm³/mol. The van der Waals surface area contributed by atoms with Gasteiger partial charge in [0.05, 0.1) is 11.3 Å². The van der Waals surface area contributed by atoms with Crippen LogP contribution in [0, 0.1) is 20.8 Å². The average molecular weight is 283 g/mol. The van der Waals surface area contributed by atoms with Crippen molar-refractivity contribution < 1.29 is 4.79 Å². The molecule has 0 spiro atoms. The van der Waals surface area contributed by atoms with E-state index < -0.39 is 0 Å². The van der Waals surface area contributed by atoms with Crippen LogP contribution in [0.15, 0.2) is 24.4 Å². The van der Waals surface area contributed by atoms with Crippen molar-refractivity contribution >= 4 is 11.6 Å². The van der Waals surface area contributed by atoms with Crippen LogP contribution < -0.4 is 5.32 Å². The van der Waals surface area contributed by atoms with Crippen LogP contribution in [0.2, 0.25) is 0 Å². The first-order valence-corrected chi connectivity index (χ1v) is 7.11. The smallest absolute Gasteiger partial charge is 0.259 e. The molecule has 0 bridgehead atoms. The van der Waals surface area contributed by atoms with Crippen LogP contribution in [0.5, 0.6) is 0 Å². The third kappa shape index (κ3) is 3.27. The van der Waals surface area contributed by atoms with Gasteiger partial charge in [0.25, 0.3) is 5.91 Å². The average Bonchev–Trinajstić information content (AvgIpc) is 2.42. The zero-order valence-electron chi connectivity index (χ0n) is 13.2. The molecule has 1 aromatic carbocycles. The van der Waals surface area contributed by atoms with Gasteiger partial charge in [-0.3, -0.25) is 4.79 Å². The van der Waals surface area contributed by atoms with Gasteiger partial charge in [-0.15, -0.1) is 0 Å². The molecule has 0 atom stereocenters. The predicted octanol–water partition coefficient (Wildman–Crippen LogP) is 3.78. The molecule has 4 heteroatoms. The van der Waals surface area contributed by atoms with Crippen molar-refractivity contribution in [2.45, 2.75) is 40.5 Å². The number of aromatic nitrogens is 2. The number of nitrogens with one attached hydrogen (secondary N) is 1. The van der Waals surface area contributed by atoms with Gasteiger partial charge in [0.2, 0.25) is 0 Å². The molecule has 0 aliphatic carbocycles. The van der Waals surface area contributed by atoms with E-state index in [2.05, 4.69) is 15.3 Å². The highest BCUT2D eigenvalue weighted by atomic mass is 16.1. The normalized spacial score (nSPS) is 10.8. The Morgan fingerprint density at radius 2 is 1.76 bits per heavy atom. The number of anilines is 1. The second-order valence-electron chi connectivity index (χ2n) is 5.60. The number of benzene rings is 1. The van der Waals surface area contributed by atoms with Crippen molar-refractivity contribution in [1.29, 1.82) is 0 Å². The zero-order chi connectivity index (χ0) is 15.6. The van der Waals surface area contributed by atoms with Crippen LogP contribution in [0.25, 0.3) is 0 Å². The quantitative estimate of drug-likeness (QED) is 0.932. The summed E-state index contributed by atoms with van der Waals surface area (Å²) in [5, 5.41) is 2.97. The Balaban J connectivity index is 2.29. The van der Waals surface area contributed by atoms with E-state index in [0.717, 1.165) is 22.6 Å². The van der Waals surface area contributed by atoms with Crippen LogP contribution in [-0.4, -0.2) is 15.9 Å². The molecule has 1 N–H and O–H groups in total. The molecule has 1 aromatic heterocycles. The molecule has 0 unspecified atom stereocenters. The van der Waals surface area contributed by atoms with Gasteiger partial charge in [-0.25, -0.2) is 9.97 Å². The lowest BCUT2D eigenvalue weighted by atomic mass is 10.1. The van der Waals surface area contributed by atoms with E-state index in [9.17, 15) is 4.79 Å². The largest absolute Gasteiger partial charge is 0.321 e. The Hall–Kier alpha value is -2.23. The van der Waals surface area contributed by atoms with Crippen molar-refractivity contribution in [3.63, 3.8) is 0 Å². The summed E-state index contributed by atoms with van der Waals surface area (Å²) in [4.78, 5) is 21.1. The molecule has 2 aromatic rings. The van der Waals surface area contributed by atoms with Crippen molar-refractivity contribution in [2.75, 3.05) is 5.32 Å². The van der Waals surface area contributed by atoms with Gasteiger partial charge >= 0.3 is 0 Å². The summed E-state index contributed by atoms with van der Waals surface area (Å²) in [7, 11) is 0. The fourth-order valence-corrected chi connectivity index (χ4v) is 2.18. The lowest BCUT2D eigenvalue weighted by Gasteiger charge is -2.13. The minimum Gasteiger partial charge on any atom is -0.321 e. The van der Waals surface area contributed by atoms with Gasteiger partial charge in [0.1, 0.15) is 5.82 Å². The van der Waals surface area contributed by atoms with Crippen LogP contribution in [0.4, 0.5) is 5.69 Å². The van der Waals surface area contributed by atoms with E-state index in [-0.39, 0.29) is 11.8 Å². The summed E-state index contributed by atoms with van der Waals surface area (Å²) in [5.74, 6) is 0.843. The number of carbonyl (C=O) groups excluding carboxylic acids is 1. The number of nitrogens with zero attached hydrogens (tertiary/aromatic N) is 2. The van der Waals surface area contributed by atoms with Crippen molar-refractivity contribution in [1.82, 2.24) is 9.97 Å². The summed E-state index contributed by atoms with van der Waals surface area (Å²) < 4.78 is 0. The number of amides is 1. The van der Waals surface area contributed by atoms with E-state index >= 15 is 0 Å². The molecule has 0 fully saturated rings. The van der Waals surface area contributed by atoms with Gasteiger partial charge in [-0.1, -0.05) is 32.0 Å². The van der Waals surface area contributed by atoms with E-state index in [1.54, 1.807) is 6.20 Å². The summed E-state index contributed by atoms with van der Waals surface area (Å²) in [5.41, 5.74) is 4.16. The summed E-state index contributed by atoms with van der Waals surface area (Å²) in [6.07, 6.45) is 1.61. The number of carbonyl (C=O) groups is 1. The molecule has 0 aliphatic rings. The lowest BCUT2D eigenvalue weighted by molar-refractivity contribution is 0.102. The highest BCUT2D eigenvalue weighted by Gasteiger charge is 2.14. The molecule has 1 amide bonds. The number of para-hydroxylation sites is 1. The Morgan fingerprint density at radius 1 is 1.14 bits per heavy atom. The topological polar surface area (TPSA) is 54.9 Å². The van der Waals surface area contributed by atoms with E-state index in [4.69, 9.17) is 0 Å². The number of rotatable bonds is 3. The van der Waals surface area contributed by atoms with Gasteiger partial charge < -0.3 is 5.32 Å². The highest BCUT2D eigenvalue weighted by Crippen LogP contribution is 2.21. The van der Waals surface area contributed by atoms with E-state index in [1.807, 2.05) is 52.8 Å². The number of hydrogen-bond donors (Lipinski definition) is 1. The number of aryl methyl sites for hydroxylation is 3. The minimum absolute atomic E-state index is 0.166. The second-order valence-corrected chi connectivity index (χ2v) is 5.60. The van der Waals surface area contributed by atoms with Crippen molar-refractivity contribution in [3.05, 3.63) is 52.6 Å². The first-order valence-electron chi connectivity index (χ1n) is 7.11. The molecule has 0 radical (unpaired) electrons. The monoisotopic (exact) mass is 283 g/mol. The Morgan fingerprint density at radius 3 is 2.29 bits per heavy atom. The molecule has 4 nitrogen and oxygen atoms in total. The number of hydrogen-bond acceptors (Lipinski definition) is 3. The Bertz CT molecular complexity index is 657. The van der Waals surface area contributed by atoms with Gasteiger partial charge in [0.15, 0.2) is 0 Å². The maximum Gasteiger partial charge on any atom is 0.259 e. The lowest BCUT2D eigenvalue weighted by Crippen LogP contribution is -2.17. The molecule has 2 rings (SSSR count). The van der Waals surface area contributed by atoms with Crippen LogP contribution >= 0.6 is 0 Å². The molecular weight excluding hydrogens is 262 g/mol. The highest BCUT2D eigenvalue weighted by molar-refractivity contribution is 6.05. The maximum absolute atomic E-state index is 12.4. The van der Waals surface area contributed by atoms with Crippen LogP contribution in [0.3, 0.4) is 0 Å². The standard InChI is InChI=1S/C17H21N3O/c1-10(2)16-18-9-14(13(5)19-16)17(21)20-15-11(3)7-6-8-12(15)4/h6-10H,1-5H3,(H,20,21). The van der Waals surface area contributed by atoms with E-state index in [1.165, 1.54) is 0 Å². The third-order valence-corrected chi connectivity index (χ3v) is 3.48. The Labute approximate surface area is 125 Å². The summed E-state index contributed by atoms with van der Waals surface area (Å²) in [6.45, 7) is 9.87. The summed E-state index contributed by atoms with van der Waals surface area (Å²) in [6, 6.07) is 5.94. The minimum atomic E-state index is -0.166. The molecule has 0 saturated heterocycles. The maximum atomic E-state index is 12.4. The van der Waals surface area contributed by atoms with Gasteiger partial charge in [-0.05, 0) is 31.9 Å². The second kappa shape index (κ2) is 6.04. The van der Waals surface area contributed by atoms with Crippen LogP contribution in [0.1, 0.15) is 52.8 Å².